The molecule has 1 amide bonds. The standard InChI is InChI=1S/C22H19BrN2O5/c1-28-19-8-6-14(10-18(19)22(27)29-2)12-25-21(26)15-7-9-20(24-13-15)30-17-5-3-4-16(23)11-17/h3-11,13H,12H2,1-2H3,(H,25,26). The number of aromatic nitrogens is 1. The first-order valence-electron chi connectivity index (χ1n) is 8.93. The highest BCUT2D eigenvalue weighted by Gasteiger charge is 2.14. The molecule has 1 heterocycles. The predicted octanol–water partition coefficient (Wildman–Crippen LogP) is 4.36. The van der Waals surface area contributed by atoms with Crippen LogP contribution in [0.4, 0.5) is 0 Å². The summed E-state index contributed by atoms with van der Waals surface area (Å²) < 4.78 is 16.5. The number of amides is 1. The van der Waals surface area contributed by atoms with E-state index in [9.17, 15) is 9.59 Å². The molecule has 0 aliphatic carbocycles. The average Bonchev–Trinajstić information content (AvgIpc) is 2.77. The summed E-state index contributed by atoms with van der Waals surface area (Å²) in [5, 5.41) is 2.79. The third-order valence-electron chi connectivity index (χ3n) is 4.14. The zero-order chi connectivity index (χ0) is 21.5. The van der Waals surface area contributed by atoms with Gasteiger partial charge in [-0.15, -0.1) is 0 Å². The van der Waals surface area contributed by atoms with Gasteiger partial charge in [0.1, 0.15) is 17.1 Å². The maximum Gasteiger partial charge on any atom is 0.341 e. The number of nitrogens with one attached hydrogen (secondary N) is 1. The van der Waals surface area contributed by atoms with Gasteiger partial charge in [-0.2, -0.15) is 0 Å². The minimum absolute atomic E-state index is 0.225. The van der Waals surface area contributed by atoms with E-state index in [1.54, 1.807) is 30.3 Å². The highest BCUT2D eigenvalue weighted by atomic mass is 79.9. The fraction of sp³-hybridized carbons (Fsp3) is 0.136. The number of carbonyl (C=O) groups excluding carboxylic acids is 2. The molecule has 3 rings (SSSR count). The molecular weight excluding hydrogens is 452 g/mol. The third kappa shape index (κ3) is 5.36. The lowest BCUT2D eigenvalue weighted by atomic mass is 10.1. The number of methoxy groups -OCH3 is 2. The lowest BCUT2D eigenvalue weighted by Gasteiger charge is -2.10. The van der Waals surface area contributed by atoms with E-state index in [1.165, 1.54) is 20.4 Å². The first-order valence-corrected chi connectivity index (χ1v) is 9.72. The second-order valence-corrected chi connectivity index (χ2v) is 7.07. The number of nitrogens with zero attached hydrogens (tertiary/aromatic N) is 1. The molecule has 0 saturated carbocycles. The van der Waals surface area contributed by atoms with E-state index in [4.69, 9.17) is 14.2 Å². The number of hydrogen-bond donors (Lipinski definition) is 1. The normalized spacial score (nSPS) is 10.2. The average molecular weight is 471 g/mol. The monoisotopic (exact) mass is 470 g/mol. The molecule has 0 atom stereocenters. The van der Waals surface area contributed by atoms with Crippen LogP contribution < -0.4 is 14.8 Å². The van der Waals surface area contributed by atoms with Crippen LogP contribution >= 0.6 is 15.9 Å². The predicted molar refractivity (Wildman–Crippen MR) is 114 cm³/mol. The fourth-order valence-corrected chi connectivity index (χ4v) is 3.02. The topological polar surface area (TPSA) is 86.8 Å². The Balaban J connectivity index is 1.63. The summed E-state index contributed by atoms with van der Waals surface area (Å²) in [5.74, 6) is 0.608. The summed E-state index contributed by atoms with van der Waals surface area (Å²) in [6.45, 7) is 0.225. The van der Waals surface area contributed by atoms with Crippen LogP contribution in [0.25, 0.3) is 0 Å². The van der Waals surface area contributed by atoms with Crippen molar-refractivity contribution in [1.82, 2.24) is 10.3 Å². The Bertz CT molecular complexity index is 1050. The minimum atomic E-state index is -0.509. The van der Waals surface area contributed by atoms with E-state index < -0.39 is 5.97 Å². The van der Waals surface area contributed by atoms with Crippen molar-refractivity contribution in [2.75, 3.05) is 14.2 Å². The molecule has 0 bridgehead atoms. The maximum absolute atomic E-state index is 12.4. The van der Waals surface area contributed by atoms with Crippen molar-refractivity contribution in [3.63, 3.8) is 0 Å². The zero-order valence-electron chi connectivity index (χ0n) is 16.3. The molecule has 1 N–H and O–H groups in total. The van der Waals surface area contributed by atoms with E-state index >= 15 is 0 Å². The molecule has 0 spiro atoms. The van der Waals surface area contributed by atoms with Crippen molar-refractivity contribution in [2.24, 2.45) is 0 Å². The van der Waals surface area contributed by atoms with Crippen molar-refractivity contribution in [3.05, 3.63) is 82.0 Å². The summed E-state index contributed by atoms with van der Waals surface area (Å²) in [6, 6.07) is 15.7. The number of esters is 1. The van der Waals surface area contributed by atoms with Gasteiger partial charge in [0.25, 0.3) is 5.91 Å². The second-order valence-electron chi connectivity index (χ2n) is 6.15. The first-order chi connectivity index (χ1) is 14.5. The Morgan fingerprint density at radius 2 is 1.90 bits per heavy atom. The van der Waals surface area contributed by atoms with Crippen molar-refractivity contribution in [1.29, 1.82) is 0 Å². The van der Waals surface area contributed by atoms with Gasteiger partial charge in [-0.25, -0.2) is 9.78 Å². The van der Waals surface area contributed by atoms with Gasteiger partial charge >= 0.3 is 5.97 Å². The highest BCUT2D eigenvalue weighted by Crippen LogP contribution is 2.23. The molecule has 1 aromatic heterocycles. The van der Waals surface area contributed by atoms with E-state index in [-0.39, 0.29) is 12.5 Å². The molecule has 0 aliphatic heterocycles. The van der Waals surface area contributed by atoms with Gasteiger partial charge in [-0.05, 0) is 42.0 Å². The van der Waals surface area contributed by atoms with E-state index in [2.05, 4.69) is 26.2 Å². The molecule has 0 fully saturated rings. The van der Waals surface area contributed by atoms with Crippen LogP contribution in [0.3, 0.4) is 0 Å². The van der Waals surface area contributed by atoms with Crippen LogP contribution in [0.2, 0.25) is 0 Å². The van der Waals surface area contributed by atoms with Crippen molar-refractivity contribution in [3.8, 4) is 17.4 Å². The van der Waals surface area contributed by atoms with E-state index in [1.807, 2.05) is 24.3 Å². The third-order valence-corrected chi connectivity index (χ3v) is 4.63. The lowest BCUT2D eigenvalue weighted by Crippen LogP contribution is -2.23. The molecule has 7 nitrogen and oxygen atoms in total. The van der Waals surface area contributed by atoms with Gasteiger partial charge in [0.15, 0.2) is 0 Å². The quantitative estimate of drug-likeness (QED) is 0.516. The zero-order valence-corrected chi connectivity index (χ0v) is 17.9. The molecule has 0 aliphatic rings. The number of hydrogen-bond acceptors (Lipinski definition) is 6. The Morgan fingerprint density at radius 3 is 2.57 bits per heavy atom. The number of carbonyl (C=O) groups is 2. The minimum Gasteiger partial charge on any atom is -0.496 e. The lowest BCUT2D eigenvalue weighted by molar-refractivity contribution is 0.0597. The van der Waals surface area contributed by atoms with Crippen LogP contribution in [0, 0.1) is 0 Å². The Morgan fingerprint density at radius 1 is 1.07 bits per heavy atom. The number of rotatable bonds is 7. The molecule has 0 saturated heterocycles. The summed E-state index contributed by atoms with van der Waals surface area (Å²) in [5.41, 5.74) is 1.41. The molecule has 0 unspecified atom stereocenters. The van der Waals surface area contributed by atoms with Crippen LogP contribution in [0.5, 0.6) is 17.4 Å². The maximum atomic E-state index is 12.4. The summed E-state index contributed by atoms with van der Waals surface area (Å²) in [6.07, 6.45) is 1.44. The van der Waals surface area contributed by atoms with Crippen molar-refractivity contribution in [2.45, 2.75) is 6.54 Å². The molecular formula is C22H19BrN2O5. The molecule has 154 valence electrons. The summed E-state index contributed by atoms with van der Waals surface area (Å²) in [4.78, 5) is 28.5. The van der Waals surface area contributed by atoms with Gasteiger partial charge in [-0.1, -0.05) is 28.1 Å². The fourth-order valence-electron chi connectivity index (χ4n) is 2.65. The van der Waals surface area contributed by atoms with Gasteiger partial charge in [0.05, 0.1) is 19.8 Å². The van der Waals surface area contributed by atoms with Gasteiger partial charge in [-0.3, -0.25) is 4.79 Å². The molecule has 3 aromatic rings. The van der Waals surface area contributed by atoms with Crippen LogP contribution in [0.1, 0.15) is 26.3 Å². The number of halogens is 1. The second kappa shape index (κ2) is 9.89. The Kier molecular flexibility index (Phi) is 7.03. The molecule has 8 heteroatoms. The summed E-state index contributed by atoms with van der Waals surface area (Å²) in [7, 11) is 2.77. The van der Waals surface area contributed by atoms with Gasteiger partial charge < -0.3 is 19.5 Å². The molecule has 30 heavy (non-hydrogen) atoms. The van der Waals surface area contributed by atoms with Crippen molar-refractivity contribution >= 4 is 27.8 Å². The highest BCUT2D eigenvalue weighted by molar-refractivity contribution is 9.10. The molecule has 2 aromatic carbocycles. The number of ether oxygens (including phenoxy) is 3. The van der Waals surface area contributed by atoms with Gasteiger partial charge in [0.2, 0.25) is 5.88 Å². The van der Waals surface area contributed by atoms with Crippen LogP contribution in [-0.2, 0) is 11.3 Å². The van der Waals surface area contributed by atoms with Crippen molar-refractivity contribution < 1.29 is 23.8 Å². The van der Waals surface area contributed by atoms with Crippen LogP contribution in [0.15, 0.2) is 65.3 Å². The van der Waals surface area contributed by atoms with E-state index in [0.717, 1.165) is 10.0 Å². The van der Waals surface area contributed by atoms with E-state index in [0.29, 0.717) is 28.5 Å². The Hall–Kier alpha value is -3.39. The molecule has 0 radical (unpaired) electrons. The number of pyridine rings is 1. The Labute approximate surface area is 182 Å². The largest absolute Gasteiger partial charge is 0.496 e. The summed E-state index contributed by atoms with van der Waals surface area (Å²) >= 11 is 3.38. The first kappa shape index (κ1) is 21.3. The smallest absolute Gasteiger partial charge is 0.341 e. The SMILES string of the molecule is COC(=O)c1cc(CNC(=O)c2ccc(Oc3cccc(Br)c3)nc2)ccc1OC. The number of benzene rings is 2. The van der Waals surface area contributed by atoms with Crippen LogP contribution in [-0.4, -0.2) is 31.1 Å². The van der Waals surface area contributed by atoms with Gasteiger partial charge in [0, 0.05) is 23.3 Å².